The van der Waals surface area contributed by atoms with Crippen molar-refractivity contribution >= 4 is 21.7 Å². The molecule has 1 aliphatic rings. The van der Waals surface area contributed by atoms with Gasteiger partial charge in [0, 0.05) is 45.2 Å². The third kappa shape index (κ3) is 5.25. The summed E-state index contributed by atoms with van der Waals surface area (Å²) in [6.45, 7) is 3.22. The zero-order valence-corrected chi connectivity index (χ0v) is 15.9. The van der Waals surface area contributed by atoms with Crippen molar-refractivity contribution in [2.75, 3.05) is 38.3 Å². The fourth-order valence-electron chi connectivity index (χ4n) is 2.96. The summed E-state index contributed by atoms with van der Waals surface area (Å²) in [6.07, 6.45) is 3.93. The van der Waals surface area contributed by atoms with Crippen molar-refractivity contribution in [2.24, 2.45) is 0 Å². The first kappa shape index (κ1) is 20.3. The van der Waals surface area contributed by atoms with E-state index < -0.39 is 9.84 Å². The first-order valence-electron chi connectivity index (χ1n) is 8.61. The van der Waals surface area contributed by atoms with Crippen LogP contribution in [0.15, 0.2) is 18.5 Å². The number of hydrogen-bond donors (Lipinski definition) is 1. The van der Waals surface area contributed by atoms with Crippen LogP contribution in [0.25, 0.3) is 0 Å². The average molecular weight is 383 g/mol. The molecule has 0 radical (unpaired) electrons. The molecule has 0 spiro atoms. The van der Waals surface area contributed by atoms with E-state index in [-0.39, 0.29) is 34.9 Å². The highest BCUT2D eigenvalue weighted by atomic mass is 32.2. The highest BCUT2D eigenvalue weighted by Crippen LogP contribution is 2.20. The maximum absolute atomic E-state index is 12.8. The van der Waals surface area contributed by atoms with Crippen molar-refractivity contribution in [3.05, 3.63) is 29.6 Å². The summed E-state index contributed by atoms with van der Waals surface area (Å²) < 4.78 is 28.3. The van der Waals surface area contributed by atoms with Crippen LogP contribution in [-0.2, 0) is 14.6 Å². The Balaban J connectivity index is 2.07. The summed E-state index contributed by atoms with van der Waals surface area (Å²) in [5, 5.41) is 2.75. The minimum absolute atomic E-state index is 0.0142. The molecule has 1 aliphatic heterocycles. The molecule has 144 valence electrons. The van der Waals surface area contributed by atoms with Gasteiger partial charge in [0.2, 0.25) is 0 Å². The second-order valence-electron chi connectivity index (χ2n) is 6.21. The first-order valence-corrected chi connectivity index (χ1v) is 10.4. The Morgan fingerprint density at radius 1 is 1.35 bits per heavy atom. The van der Waals surface area contributed by atoms with Gasteiger partial charge in [0.1, 0.15) is 0 Å². The van der Waals surface area contributed by atoms with Crippen LogP contribution in [0.4, 0.5) is 0 Å². The van der Waals surface area contributed by atoms with E-state index in [2.05, 4.69) is 10.3 Å². The summed E-state index contributed by atoms with van der Waals surface area (Å²) in [7, 11) is -1.49. The van der Waals surface area contributed by atoms with Crippen LogP contribution in [0.2, 0.25) is 0 Å². The first-order chi connectivity index (χ1) is 12.4. The number of carbonyl (C=O) groups is 2. The van der Waals surface area contributed by atoms with E-state index in [0.29, 0.717) is 38.1 Å². The van der Waals surface area contributed by atoms with E-state index in [1.165, 1.54) is 18.5 Å². The second-order valence-corrected chi connectivity index (χ2v) is 8.44. The molecule has 1 aromatic heterocycles. The largest absolute Gasteiger partial charge is 0.385 e. The number of nitrogens with one attached hydrogen (secondary N) is 1. The maximum atomic E-state index is 12.8. The Morgan fingerprint density at radius 2 is 2.08 bits per heavy atom. The summed E-state index contributed by atoms with van der Waals surface area (Å²) in [4.78, 5) is 30.5. The van der Waals surface area contributed by atoms with Gasteiger partial charge in [0.05, 0.1) is 22.6 Å². The van der Waals surface area contributed by atoms with Crippen LogP contribution in [0.1, 0.15) is 40.5 Å². The van der Waals surface area contributed by atoms with E-state index in [1.807, 2.05) is 6.92 Å². The van der Waals surface area contributed by atoms with Crippen molar-refractivity contribution in [1.29, 1.82) is 0 Å². The van der Waals surface area contributed by atoms with Crippen LogP contribution in [0.5, 0.6) is 0 Å². The predicted molar refractivity (Wildman–Crippen MR) is 96.8 cm³/mol. The monoisotopic (exact) mass is 383 g/mol. The van der Waals surface area contributed by atoms with Crippen molar-refractivity contribution in [3.8, 4) is 0 Å². The van der Waals surface area contributed by atoms with Crippen LogP contribution < -0.4 is 5.32 Å². The zero-order valence-electron chi connectivity index (χ0n) is 15.1. The van der Waals surface area contributed by atoms with Crippen LogP contribution >= 0.6 is 0 Å². The van der Waals surface area contributed by atoms with Crippen LogP contribution in [0, 0.1) is 0 Å². The molecule has 0 aliphatic carbocycles. The highest BCUT2D eigenvalue weighted by Gasteiger charge is 2.34. The summed E-state index contributed by atoms with van der Waals surface area (Å²) in [5.41, 5.74) is 0.573. The molecule has 8 nitrogen and oxygen atoms in total. The normalized spacial score (nSPS) is 18.5. The average Bonchev–Trinajstić information content (AvgIpc) is 2.98. The van der Waals surface area contributed by atoms with E-state index >= 15 is 0 Å². The lowest BCUT2D eigenvalue weighted by molar-refractivity contribution is 0.0708. The molecule has 1 unspecified atom stereocenters. The molecule has 1 fully saturated rings. The van der Waals surface area contributed by atoms with Crippen molar-refractivity contribution in [2.45, 2.75) is 25.8 Å². The van der Waals surface area contributed by atoms with Gasteiger partial charge < -0.3 is 15.0 Å². The number of pyridine rings is 1. The topological polar surface area (TPSA) is 106 Å². The maximum Gasteiger partial charge on any atom is 0.255 e. The van der Waals surface area contributed by atoms with E-state index in [9.17, 15) is 18.0 Å². The standard InChI is InChI=1S/C17H25N3O5S/c1-3-20(15-5-8-26(23,24)12-15)17(22)14-9-13(10-18-11-14)16(21)19-6-4-7-25-2/h9-11,15H,3-8,12H2,1-2H3,(H,19,21). The van der Waals surface area contributed by atoms with Gasteiger partial charge in [-0.2, -0.15) is 0 Å². The zero-order chi connectivity index (χ0) is 19.2. The Kier molecular flexibility index (Phi) is 7.10. The molecular weight excluding hydrogens is 358 g/mol. The SMILES string of the molecule is CCN(C(=O)c1cncc(C(=O)NCCCOC)c1)C1CCS(=O)(=O)C1. The number of ether oxygens (including phenoxy) is 1. The van der Waals surface area contributed by atoms with Gasteiger partial charge in [0.15, 0.2) is 9.84 Å². The number of carbonyl (C=O) groups excluding carboxylic acids is 2. The van der Waals surface area contributed by atoms with E-state index in [1.54, 1.807) is 12.0 Å². The van der Waals surface area contributed by atoms with E-state index in [0.717, 1.165) is 0 Å². The lowest BCUT2D eigenvalue weighted by Crippen LogP contribution is -2.41. The fraction of sp³-hybridized carbons (Fsp3) is 0.588. The van der Waals surface area contributed by atoms with Crippen molar-refractivity contribution in [3.63, 3.8) is 0 Å². The predicted octanol–water partition coefficient (Wildman–Crippen LogP) is 0.497. The molecule has 1 saturated heterocycles. The number of rotatable bonds is 8. The minimum atomic E-state index is -3.09. The van der Waals surface area contributed by atoms with Gasteiger partial charge in [-0.3, -0.25) is 14.6 Å². The summed E-state index contributed by atoms with van der Waals surface area (Å²) in [5.74, 6) is -0.533. The minimum Gasteiger partial charge on any atom is -0.385 e. The molecule has 26 heavy (non-hydrogen) atoms. The highest BCUT2D eigenvalue weighted by molar-refractivity contribution is 7.91. The molecule has 2 rings (SSSR count). The Bertz CT molecular complexity index is 751. The van der Waals surface area contributed by atoms with Crippen molar-refractivity contribution in [1.82, 2.24) is 15.2 Å². The second kappa shape index (κ2) is 9.09. The van der Waals surface area contributed by atoms with Gasteiger partial charge in [-0.25, -0.2) is 8.42 Å². The molecule has 1 atom stereocenters. The molecule has 0 saturated carbocycles. The van der Waals surface area contributed by atoms with Gasteiger partial charge in [-0.1, -0.05) is 0 Å². The van der Waals surface area contributed by atoms with Gasteiger partial charge >= 0.3 is 0 Å². The van der Waals surface area contributed by atoms with Gasteiger partial charge in [-0.15, -0.1) is 0 Å². The lowest BCUT2D eigenvalue weighted by atomic mass is 10.1. The molecule has 1 aromatic rings. The Morgan fingerprint density at radius 3 is 2.69 bits per heavy atom. The Labute approximate surface area is 153 Å². The molecule has 0 bridgehead atoms. The number of hydrogen-bond acceptors (Lipinski definition) is 6. The molecule has 9 heteroatoms. The van der Waals surface area contributed by atoms with Crippen molar-refractivity contribution < 1.29 is 22.7 Å². The molecule has 0 aromatic carbocycles. The van der Waals surface area contributed by atoms with Crippen LogP contribution in [0.3, 0.4) is 0 Å². The molecule has 1 N–H and O–H groups in total. The molecule has 2 amide bonds. The number of sulfone groups is 1. The fourth-order valence-corrected chi connectivity index (χ4v) is 4.69. The van der Waals surface area contributed by atoms with Gasteiger partial charge in [0.25, 0.3) is 11.8 Å². The van der Waals surface area contributed by atoms with E-state index in [4.69, 9.17) is 4.74 Å². The lowest BCUT2D eigenvalue weighted by Gasteiger charge is -2.26. The smallest absolute Gasteiger partial charge is 0.255 e. The Hall–Kier alpha value is -2.00. The summed E-state index contributed by atoms with van der Waals surface area (Å²) >= 11 is 0. The third-order valence-electron chi connectivity index (χ3n) is 4.31. The quantitative estimate of drug-likeness (QED) is 0.655. The summed E-state index contributed by atoms with van der Waals surface area (Å²) in [6, 6.07) is 1.16. The third-order valence-corrected chi connectivity index (χ3v) is 6.06. The number of methoxy groups -OCH3 is 1. The number of nitrogens with zero attached hydrogens (tertiary/aromatic N) is 2. The van der Waals surface area contributed by atoms with Crippen LogP contribution in [-0.4, -0.2) is 74.5 Å². The van der Waals surface area contributed by atoms with Gasteiger partial charge in [-0.05, 0) is 25.8 Å². The molecule has 2 heterocycles. The number of amides is 2. The molecular formula is C17H25N3O5S. The number of aromatic nitrogens is 1.